The molecule has 0 fully saturated rings. The molecule has 0 aliphatic rings. The second kappa shape index (κ2) is 4.69. The van der Waals surface area contributed by atoms with Gasteiger partial charge in [-0.2, -0.15) is 5.26 Å². The van der Waals surface area contributed by atoms with Gasteiger partial charge in [-0.05, 0) is 31.2 Å². The number of halogens is 1. The summed E-state index contributed by atoms with van der Waals surface area (Å²) in [6.45, 7) is 1.72. The molecule has 0 unspecified atom stereocenters. The highest BCUT2D eigenvalue weighted by Gasteiger charge is 2.05. The van der Waals surface area contributed by atoms with Gasteiger partial charge in [-0.1, -0.05) is 11.6 Å². The molecule has 14 heavy (non-hydrogen) atoms. The average Bonchev–Trinajstić information content (AvgIpc) is 2.21. The van der Waals surface area contributed by atoms with Crippen LogP contribution in [0.4, 0.5) is 0 Å². The van der Waals surface area contributed by atoms with Gasteiger partial charge in [-0.25, -0.2) is 0 Å². The van der Waals surface area contributed by atoms with E-state index in [1.165, 1.54) is 0 Å². The molecule has 2 nitrogen and oxygen atoms in total. The number of methoxy groups -OCH3 is 1. The topological polar surface area (TPSA) is 33.0 Å². The third-order valence-electron chi connectivity index (χ3n) is 1.82. The SMILES string of the molecule is CO/C(=C(/C)C#N)c1ccc(Cl)cc1. The first-order chi connectivity index (χ1) is 6.69. The van der Waals surface area contributed by atoms with E-state index in [4.69, 9.17) is 21.6 Å². The van der Waals surface area contributed by atoms with Crippen molar-refractivity contribution in [2.24, 2.45) is 0 Å². The summed E-state index contributed by atoms with van der Waals surface area (Å²) in [6.07, 6.45) is 0. The molecule has 0 atom stereocenters. The predicted molar refractivity (Wildman–Crippen MR) is 56.7 cm³/mol. The molecule has 0 bridgehead atoms. The lowest BCUT2D eigenvalue weighted by Crippen LogP contribution is -1.90. The highest BCUT2D eigenvalue weighted by molar-refractivity contribution is 6.30. The maximum absolute atomic E-state index is 8.74. The Morgan fingerprint density at radius 3 is 2.36 bits per heavy atom. The minimum absolute atomic E-state index is 0.551. The third kappa shape index (κ3) is 2.27. The van der Waals surface area contributed by atoms with E-state index in [-0.39, 0.29) is 0 Å². The normalized spacial score (nSPS) is 11.6. The van der Waals surface area contributed by atoms with Crippen molar-refractivity contribution in [3.63, 3.8) is 0 Å². The van der Waals surface area contributed by atoms with E-state index in [0.29, 0.717) is 16.4 Å². The molecular formula is C11H10ClNO. The van der Waals surface area contributed by atoms with Gasteiger partial charge in [-0.3, -0.25) is 0 Å². The highest BCUT2D eigenvalue weighted by atomic mass is 35.5. The Kier molecular flexibility index (Phi) is 3.55. The lowest BCUT2D eigenvalue weighted by Gasteiger charge is -2.06. The molecule has 0 aliphatic heterocycles. The van der Waals surface area contributed by atoms with Crippen LogP contribution in [0.1, 0.15) is 12.5 Å². The maximum atomic E-state index is 8.74. The fraction of sp³-hybridized carbons (Fsp3) is 0.182. The van der Waals surface area contributed by atoms with E-state index in [1.807, 2.05) is 12.1 Å². The van der Waals surface area contributed by atoms with Gasteiger partial charge in [0, 0.05) is 10.6 Å². The van der Waals surface area contributed by atoms with Crippen LogP contribution in [0.2, 0.25) is 5.02 Å². The van der Waals surface area contributed by atoms with Gasteiger partial charge in [0.15, 0.2) is 0 Å². The molecule has 1 aromatic rings. The fourth-order valence-electron chi connectivity index (χ4n) is 1.14. The number of nitrogens with zero attached hydrogens (tertiary/aromatic N) is 1. The summed E-state index contributed by atoms with van der Waals surface area (Å²) in [6, 6.07) is 9.22. The minimum atomic E-state index is 0.551. The molecule has 1 rings (SSSR count). The molecule has 0 N–H and O–H groups in total. The zero-order chi connectivity index (χ0) is 10.6. The molecule has 0 amide bonds. The molecule has 0 aliphatic carbocycles. The minimum Gasteiger partial charge on any atom is -0.495 e. The van der Waals surface area contributed by atoms with Gasteiger partial charge in [0.1, 0.15) is 5.76 Å². The van der Waals surface area contributed by atoms with Crippen LogP contribution in [0.3, 0.4) is 0 Å². The number of nitriles is 1. The second-order valence-electron chi connectivity index (χ2n) is 2.78. The monoisotopic (exact) mass is 207 g/mol. The van der Waals surface area contributed by atoms with E-state index in [2.05, 4.69) is 6.07 Å². The number of ether oxygens (including phenoxy) is 1. The van der Waals surface area contributed by atoms with E-state index in [0.717, 1.165) is 5.56 Å². The van der Waals surface area contributed by atoms with Crippen molar-refractivity contribution in [3.05, 3.63) is 40.4 Å². The second-order valence-corrected chi connectivity index (χ2v) is 3.21. The number of benzene rings is 1. The van der Waals surface area contributed by atoms with Crippen molar-refractivity contribution in [2.75, 3.05) is 7.11 Å². The summed E-state index contributed by atoms with van der Waals surface area (Å²) in [7, 11) is 1.55. The Balaban J connectivity index is 3.16. The van der Waals surface area contributed by atoms with Crippen molar-refractivity contribution < 1.29 is 4.74 Å². The van der Waals surface area contributed by atoms with Gasteiger partial charge in [-0.15, -0.1) is 0 Å². The molecule has 0 heterocycles. The Morgan fingerprint density at radius 2 is 1.93 bits per heavy atom. The lowest BCUT2D eigenvalue weighted by atomic mass is 10.1. The highest BCUT2D eigenvalue weighted by Crippen LogP contribution is 2.20. The summed E-state index contributed by atoms with van der Waals surface area (Å²) in [5, 5.41) is 9.40. The Morgan fingerprint density at radius 1 is 1.36 bits per heavy atom. The standard InChI is InChI=1S/C11H10ClNO/c1-8(7-13)11(14-2)9-3-5-10(12)6-4-9/h3-6H,1-2H3/b11-8-. The van der Waals surface area contributed by atoms with Crippen LogP contribution in [0.25, 0.3) is 5.76 Å². The fourth-order valence-corrected chi connectivity index (χ4v) is 1.27. The molecule has 0 radical (unpaired) electrons. The van der Waals surface area contributed by atoms with Gasteiger partial charge in [0.25, 0.3) is 0 Å². The smallest absolute Gasteiger partial charge is 0.139 e. The zero-order valence-corrected chi connectivity index (χ0v) is 8.80. The average molecular weight is 208 g/mol. The third-order valence-corrected chi connectivity index (χ3v) is 2.07. The first-order valence-corrected chi connectivity index (χ1v) is 4.47. The molecule has 3 heteroatoms. The van der Waals surface area contributed by atoms with Gasteiger partial charge < -0.3 is 4.74 Å². The van der Waals surface area contributed by atoms with E-state index in [1.54, 1.807) is 26.2 Å². The van der Waals surface area contributed by atoms with E-state index in [9.17, 15) is 0 Å². The first-order valence-electron chi connectivity index (χ1n) is 4.10. The zero-order valence-electron chi connectivity index (χ0n) is 8.04. The van der Waals surface area contributed by atoms with Crippen molar-refractivity contribution in [2.45, 2.75) is 6.92 Å². The van der Waals surface area contributed by atoms with Crippen LogP contribution < -0.4 is 0 Å². The predicted octanol–water partition coefficient (Wildman–Crippen LogP) is 3.24. The van der Waals surface area contributed by atoms with Crippen LogP contribution in [0.15, 0.2) is 29.8 Å². The molecule has 1 aromatic carbocycles. The van der Waals surface area contributed by atoms with Gasteiger partial charge in [0.05, 0.1) is 18.8 Å². The molecule has 72 valence electrons. The first kappa shape index (κ1) is 10.6. The summed E-state index contributed by atoms with van der Waals surface area (Å²) in [4.78, 5) is 0. The van der Waals surface area contributed by atoms with Gasteiger partial charge >= 0.3 is 0 Å². The molecule has 0 saturated heterocycles. The summed E-state index contributed by atoms with van der Waals surface area (Å²) >= 11 is 5.75. The van der Waals surface area contributed by atoms with Crippen LogP contribution in [-0.4, -0.2) is 7.11 Å². The van der Waals surface area contributed by atoms with Crippen molar-refractivity contribution in [3.8, 4) is 6.07 Å². The number of rotatable bonds is 2. The Bertz CT molecular complexity index is 387. The number of hydrogen-bond acceptors (Lipinski definition) is 2. The van der Waals surface area contributed by atoms with Crippen molar-refractivity contribution in [1.82, 2.24) is 0 Å². The molecular weight excluding hydrogens is 198 g/mol. The summed E-state index contributed by atoms with van der Waals surface area (Å²) < 4.78 is 5.14. The summed E-state index contributed by atoms with van der Waals surface area (Å²) in [5.74, 6) is 0.587. The molecule has 0 aromatic heterocycles. The Hall–Kier alpha value is -1.46. The lowest BCUT2D eigenvalue weighted by molar-refractivity contribution is 0.368. The van der Waals surface area contributed by atoms with Crippen LogP contribution in [-0.2, 0) is 4.74 Å². The molecule has 0 saturated carbocycles. The largest absolute Gasteiger partial charge is 0.495 e. The maximum Gasteiger partial charge on any atom is 0.139 e. The van der Waals surface area contributed by atoms with E-state index >= 15 is 0 Å². The van der Waals surface area contributed by atoms with Crippen LogP contribution in [0, 0.1) is 11.3 Å². The Labute approximate surface area is 88.4 Å². The summed E-state index contributed by atoms with van der Waals surface area (Å²) in [5.41, 5.74) is 1.41. The number of allylic oxidation sites excluding steroid dienone is 1. The molecule has 0 spiro atoms. The van der Waals surface area contributed by atoms with Crippen molar-refractivity contribution in [1.29, 1.82) is 5.26 Å². The van der Waals surface area contributed by atoms with Crippen molar-refractivity contribution >= 4 is 17.4 Å². The van der Waals surface area contributed by atoms with Gasteiger partial charge in [0.2, 0.25) is 0 Å². The van der Waals surface area contributed by atoms with Crippen LogP contribution >= 0.6 is 11.6 Å². The number of hydrogen-bond donors (Lipinski definition) is 0. The quantitative estimate of drug-likeness (QED) is 0.551. The van der Waals surface area contributed by atoms with Crippen LogP contribution in [0.5, 0.6) is 0 Å². The van der Waals surface area contributed by atoms with E-state index < -0.39 is 0 Å².